The molecule has 2 heterocycles. The topological polar surface area (TPSA) is 111 Å². The molecule has 0 spiro atoms. The van der Waals surface area contributed by atoms with Crippen molar-refractivity contribution in [2.24, 2.45) is 5.92 Å². The van der Waals surface area contributed by atoms with Crippen molar-refractivity contribution in [1.82, 2.24) is 9.55 Å². The summed E-state index contributed by atoms with van der Waals surface area (Å²) in [6, 6.07) is 1.25. The number of rotatable bonds is 2. The Balaban J connectivity index is 2.46. The van der Waals surface area contributed by atoms with Gasteiger partial charge in [-0.3, -0.25) is 0 Å². The van der Waals surface area contributed by atoms with Gasteiger partial charge in [0.1, 0.15) is 11.9 Å². The van der Waals surface area contributed by atoms with E-state index in [9.17, 15) is 14.3 Å². The third-order valence-corrected chi connectivity index (χ3v) is 3.11. The van der Waals surface area contributed by atoms with Gasteiger partial charge in [-0.2, -0.15) is 9.37 Å². The van der Waals surface area contributed by atoms with Crippen molar-refractivity contribution in [3.8, 4) is 0 Å². The Morgan fingerprint density at radius 3 is 2.89 bits per heavy atom. The minimum atomic E-state index is -2.55. The molecule has 0 aliphatic carbocycles. The van der Waals surface area contributed by atoms with Crippen molar-refractivity contribution in [3.05, 3.63) is 22.7 Å². The van der Waals surface area contributed by atoms with E-state index in [0.717, 1.165) is 6.20 Å². The molecule has 0 amide bonds. The van der Waals surface area contributed by atoms with Crippen LogP contribution in [-0.2, 0) is 10.7 Å². The Bertz CT molecular complexity index is 508. The summed E-state index contributed by atoms with van der Waals surface area (Å²) in [4.78, 5) is 15.0. The van der Waals surface area contributed by atoms with Crippen LogP contribution in [0, 0.1) is 5.92 Å². The van der Waals surface area contributed by atoms with E-state index in [-0.39, 0.29) is 5.82 Å². The summed E-state index contributed by atoms with van der Waals surface area (Å²) < 4.78 is 20.3. The average molecular weight is 259 g/mol. The average Bonchev–Trinajstić information content (AvgIpc) is 2.54. The second-order valence-corrected chi connectivity index (χ2v) is 4.23. The molecule has 1 saturated heterocycles. The molecule has 4 N–H and O–H groups in total. The quantitative estimate of drug-likeness (QED) is 0.615. The summed E-state index contributed by atoms with van der Waals surface area (Å²) in [6.45, 7) is 0.831. The van der Waals surface area contributed by atoms with Crippen LogP contribution in [0.4, 0.5) is 10.2 Å². The van der Waals surface area contributed by atoms with Gasteiger partial charge >= 0.3 is 11.7 Å². The first kappa shape index (κ1) is 12.9. The molecule has 100 valence electrons. The lowest BCUT2D eigenvalue weighted by molar-refractivity contribution is -0.222. The Labute approximate surface area is 102 Å². The first-order valence-corrected chi connectivity index (χ1v) is 5.41. The molecule has 0 unspecified atom stereocenters. The highest BCUT2D eigenvalue weighted by atomic mass is 19.2. The number of nitrogen functional groups attached to an aromatic ring is 1. The van der Waals surface area contributed by atoms with Gasteiger partial charge in [0.25, 0.3) is 0 Å². The van der Waals surface area contributed by atoms with E-state index in [2.05, 4.69) is 4.98 Å². The summed E-state index contributed by atoms with van der Waals surface area (Å²) in [5, 5.41) is 18.7. The first-order valence-electron chi connectivity index (χ1n) is 5.41. The van der Waals surface area contributed by atoms with Gasteiger partial charge in [-0.15, -0.1) is 0 Å². The number of aliphatic hydroxyl groups excluding tert-OH is 2. The van der Waals surface area contributed by atoms with Gasteiger partial charge in [0, 0.05) is 6.20 Å². The Morgan fingerprint density at radius 2 is 2.39 bits per heavy atom. The number of nitrogens with zero attached hydrogens (tertiary/aromatic N) is 2. The van der Waals surface area contributed by atoms with E-state index in [1.165, 1.54) is 13.0 Å². The number of hydrogen-bond acceptors (Lipinski definition) is 6. The van der Waals surface area contributed by atoms with Crippen LogP contribution in [0.5, 0.6) is 0 Å². The SMILES string of the molecule is C[C@@H]1[C@H](O)[C@@H](CO)O[C@@]1(F)n1ccc(N)nc1=O. The van der Waals surface area contributed by atoms with Gasteiger partial charge in [-0.1, -0.05) is 6.92 Å². The second-order valence-electron chi connectivity index (χ2n) is 4.23. The van der Waals surface area contributed by atoms with Crippen LogP contribution >= 0.6 is 0 Å². The van der Waals surface area contributed by atoms with Crippen molar-refractivity contribution in [2.75, 3.05) is 12.3 Å². The molecule has 18 heavy (non-hydrogen) atoms. The van der Waals surface area contributed by atoms with Crippen LogP contribution in [0.3, 0.4) is 0 Å². The summed E-state index contributed by atoms with van der Waals surface area (Å²) in [6.07, 6.45) is -1.20. The van der Waals surface area contributed by atoms with E-state index in [0.29, 0.717) is 4.57 Å². The Hall–Kier alpha value is -1.51. The predicted molar refractivity (Wildman–Crippen MR) is 59.1 cm³/mol. The van der Waals surface area contributed by atoms with E-state index < -0.39 is 36.4 Å². The standard InChI is InChI=1S/C10H14FN3O4/c1-5-8(16)6(4-15)18-10(5,11)14-3-2-7(12)13-9(14)17/h2-3,5-6,8,15-16H,4H2,1H3,(H2,12,13,17)/t5-,6-,8+,10+/m1/s1. The lowest BCUT2D eigenvalue weighted by Gasteiger charge is -2.25. The zero-order chi connectivity index (χ0) is 13.5. The lowest BCUT2D eigenvalue weighted by atomic mass is 10.0. The fraction of sp³-hybridized carbons (Fsp3) is 0.600. The van der Waals surface area contributed by atoms with Crippen LogP contribution in [0.15, 0.2) is 17.1 Å². The highest BCUT2D eigenvalue weighted by molar-refractivity contribution is 5.23. The first-order chi connectivity index (χ1) is 8.40. The third kappa shape index (κ3) is 1.78. The number of nitrogens with two attached hydrogens (primary N) is 1. The molecule has 1 fully saturated rings. The Morgan fingerprint density at radius 1 is 1.72 bits per heavy atom. The van der Waals surface area contributed by atoms with Crippen molar-refractivity contribution in [2.45, 2.75) is 25.1 Å². The Kier molecular flexibility index (Phi) is 3.09. The smallest absolute Gasteiger partial charge is 0.353 e. The van der Waals surface area contributed by atoms with Crippen LogP contribution in [-0.4, -0.2) is 38.6 Å². The molecule has 7 nitrogen and oxygen atoms in total. The van der Waals surface area contributed by atoms with Gasteiger partial charge in [0.05, 0.1) is 18.6 Å². The van der Waals surface area contributed by atoms with Gasteiger partial charge in [0.15, 0.2) is 0 Å². The third-order valence-electron chi connectivity index (χ3n) is 3.11. The fourth-order valence-corrected chi connectivity index (χ4v) is 1.99. The minimum absolute atomic E-state index is 0.0373. The van der Waals surface area contributed by atoms with Gasteiger partial charge in [-0.05, 0) is 6.07 Å². The number of ether oxygens (including phenoxy) is 1. The maximum absolute atomic E-state index is 14.7. The van der Waals surface area contributed by atoms with Crippen LogP contribution in [0.2, 0.25) is 0 Å². The van der Waals surface area contributed by atoms with E-state index in [1.54, 1.807) is 0 Å². The number of aromatic nitrogens is 2. The van der Waals surface area contributed by atoms with Crippen molar-refractivity contribution in [3.63, 3.8) is 0 Å². The molecule has 1 aliphatic heterocycles. The van der Waals surface area contributed by atoms with Crippen molar-refractivity contribution in [1.29, 1.82) is 0 Å². The predicted octanol–water partition coefficient (Wildman–Crippen LogP) is -1.21. The summed E-state index contributed by atoms with van der Waals surface area (Å²) >= 11 is 0. The van der Waals surface area contributed by atoms with Crippen LogP contribution < -0.4 is 11.4 Å². The molecule has 1 aromatic rings. The normalized spacial score (nSPS) is 35.9. The summed E-state index contributed by atoms with van der Waals surface area (Å²) in [5.74, 6) is -3.62. The van der Waals surface area contributed by atoms with Crippen LogP contribution in [0.25, 0.3) is 0 Å². The largest absolute Gasteiger partial charge is 0.394 e. The maximum atomic E-state index is 14.7. The molecule has 0 saturated carbocycles. The molecule has 0 bridgehead atoms. The highest BCUT2D eigenvalue weighted by Gasteiger charge is 2.55. The van der Waals surface area contributed by atoms with Crippen molar-refractivity contribution < 1.29 is 19.3 Å². The monoisotopic (exact) mass is 259 g/mol. The molecule has 0 radical (unpaired) electrons. The maximum Gasteiger partial charge on any atom is 0.353 e. The second kappa shape index (κ2) is 4.30. The highest BCUT2D eigenvalue weighted by Crippen LogP contribution is 2.40. The number of halogens is 1. The number of aliphatic hydroxyl groups is 2. The fourth-order valence-electron chi connectivity index (χ4n) is 1.99. The molecule has 8 heteroatoms. The van der Waals surface area contributed by atoms with Gasteiger partial charge < -0.3 is 20.7 Å². The van der Waals surface area contributed by atoms with E-state index in [1.807, 2.05) is 0 Å². The number of anilines is 1. The summed E-state index contributed by atoms with van der Waals surface area (Å²) in [7, 11) is 0. The lowest BCUT2D eigenvalue weighted by Crippen LogP contribution is -2.43. The van der Waals surface area contributed by atoms with E-state index in [4.69, 9.17) is 15.6 Å². The zero-order valence-electron chi connectivity index (χ0n) is 9.65. The summed E-state index contributed by atoms with van der Waals surface area (Å²) in [5.41, 5.74) is 4.39. The minimum Gasteiger partial charge on any atom is -0.394 e. The molecular formula is C10H14FN3O4. The molecular weight excluding hydrogens is 245 g/mol. The molecule has 1 aliphatic rings. The molecule has 1 aromatic heterocycles. The van der Waals surface area contributed by atoms with E-state index >= 15 is 0 Å². The van der Waals surface area contributed by atoms with Gasteiger partial charge in [-0.25, -0.2) is 9.36 Å². The van der Waals surface area contributed by atoms with Gasteiger partial charge in [0.2, 0.25) is 0 Å². The van der Waals surface area contributed by atoms with Crippen LogP contribution in [0.1, 0.15) is 6.92 Å². The molecule has 2 rings (SSSR count). The zero-order valence-corrected chi connectivity index (χ0v) is 9.65. The number of alkyl halides is 1. The number of hydrogen-bond donors (Lipinski definition) is 3. The van der Waals surface area contributed by atoms with Crippen molar-refractivity contribution >= 4 is 5.82 Å². The molecule has 4 atom stereocenters. The molecule has 0 aromatic carbocycles.